The van der Waals surface area contributed by atoms with Crippen LogP contribution in [0.3, 0.4) is 0 Å². The Bertz CT molecular complexity index is 432. The number of carbonyl (C=O) groups is 3. The third kappa shape index (κ3) is 1.07. The van der Waals surface area contributed by atoms with Gasteiger partial charge in [0.05, 0.1) is 12.5 Å². The molecular formula is C12H15NO4. The van der Waals surface area contributed by atoms with Crippen LogP contribution in [0.15, 0.2) is 0 Å². The summed E-state index contributed by atoms with van der Waals surface area (Å²) in [5, 5.41) is 0. The fourth-order valence-electron chi connectivity index (χ4n) is 3.58. The van der Waals surface area contributed by atoms with E-state index in [-0.39, 0.29) is 35.4 Å². The second-order valence-corrected chi connectivity index (χ2v) is 4.95. The number of ketones is 1. The second kappa shape index (κ2) is 3.09. The number of esters is 1. The smallest absolute Gasteiger partial charge is 0.310 e. The zero-order chi connectivity index (χ0) is 12.4. The van der Waals surface area contributed by atoms with Crippen LogP contribution in [0.5, 0.6) is 0 Å². The molecule has 1 amide bonds. The Labute approximate surface area is 99.1 Å². The second-order valence-electron chi connectivity index (χ2n) is 4.95. The monoisotopic (exact) mass is 237 g/mol. The average Bonchev–Trinajstić information content (AvgIpc) is 3.11. The molecular weight excluding hydrogens is 222 g/mol. The molecule has 0 aromatic rings. The standard InChI is InChI=1S/C12H15NO4/c1-3-13-11(16)12(13)5-6(14)7-8(9(7)12)10(15)17-4-2/h7-9H,3-5H2,1-2H3/t7-,8-,9-,12-,13?/m0/s1. The summed E-state index contributed by atoms with van der Waals surface area (Å²) in [6, 6.07) is 0. The van der Waals surface area contributed by atoms with Gasteiger partial charge in [-0.3, -0.25) is 14.4 Å². The lowest BCUT2D eigenvalue weighted by atomic mass is 9.99. The third-order valence-corrected chi connectivity index (χ3v) is 4.31. The van der Waals surface area contributed by atoms with Gasteiger partial charge in [0.25, 0.3) is 0 Å². The lowest BCUT2D eigenvalue weighted by molar-refractivity contribution is -0.146. The van der Waals surface area contributed by atoms with Crippen LogP contribution in [0.1, 0.15) is 20.3 Å². The Kier molecular flexibility index (Phi) is 1.95. The lowest BCUT2D eigenvalue weighted by Gasteiger charge is -2.10. The van der Waals surface area contributed by atoms with Gasteiger partial charge in [0.1, 0.15) is 11.3 Å². The van der Waals surface area contributed by atoms with Gasteiger partial charge in [-0.05, 0) is 13.8 Å². The van der Waals surface area contributed by atoms with Crippen molar-refractivity contribution in [1.29, 1.82) is 0 Å². The summed E-state index contributed by atoms with van der Waals surface area (Å²) in [6.07, 6.45) is 0.297. The molecule has 1 aliphatic heterocycles. The minimum atomic E-state index is -0.631. The van der Waals surface area contributed by atoms with Gasteiger partial charge in [0, 0.05) is 24.8 Å². The summed E-state index contributed by atoms with van der Waals surface area (Å²) < 4.78 is 4.95. The molecule has 2 saturated carbocycles. The molecule has 5 heteroatoms. The summed E-state index contributed by atoms with van der Waals surface area (Å²) in [6.45, 7) is 4.58. The first-order valence-corrected chi connectivity index (χ1v) is 6.11. The Morgan fingerprint density at radius 3 is 2.71 bits per heavy atom. The number of amides is 1. The van der Waals surface area contributed by atoms with E-state index in [9.17, 15) is 14.4 Å². The highest BCUT2D eigenvalue weighted by Gasteiger charge is 2.84. The molecule has 0 aromatic heterocycles. The van der Waals surface area contributed by atoms with Crippen LogP contribution >= 0.6 is 0 Å². The largest absolute Gasteiger partial charge is 0.466 e. The molecule has 1 saturated heterocycles. The molecule has 4 atom stereocenters. The van der Waals surface area contributed by atoms with Gasteiger partial charge in [-0.2, -0.15) is 0 Å². The van der Waals surface area contributed by atoms with E-state index < -0.39 is 5.54 Å². The van der Waals surface area contributed by atoms with Crippen LogP contribution in [0.4, 0.5) is 0 Å². The van der Waals surface area contributed by atoms with Crippen molar-refractivity contribution in [3.05, 3.63) is 0 Å². The molecule has 0 aromatic carbocycles. The molecule has 2 aliphatic carbocycles. The molecule has 0 N–H and O–H groups in total. The lowest BCUT2D eigenvalue weighted by Crippen LogP contribution is -2.26. The van der Waals surface area contributed by atoms with E-state index in [4.69, 9.17) is 4.74 Å². The minimum absolute atomic E-state index is 0.0349. The molecule has 3 fully saturated rings. The number of fused-ring (bicyclic) bond motifs is 2. The highest BCUT2D eigenvalue weighted by atomic mass is 16.5. The molecule has 0 unspecified atom stereocenters. The van der Waals surface area contributed by atoms with Crippen LogP contribution in [0.25, 0.3) is 0 Å². The van der Waals surface area contributed by atoms with Crippen molar-refractivity contribution in [3.63, 3.8) is 0 Å². The Balaban J connectivity index is 1.82. The number of likely N-dealkylation sites (N-methyl/N-ethyl adjacent to an activating group) is 1. The quantitative estimate of drug-likeness (QED) is 0.511. The van der Waals surface area contributed by atoms with Crippen LogP contribution in [-0.4, -0.2) is 41.3 Å². The van der Waals surface area contributed by atoms with Gasteiger partial charge in [0.15, 0.2) is 0 Å². The van der Waals surface area contributed by atoms with Crippen molar-refractivity contribution in [2.75, 3.05) is 13.2 Å². The van der Waals surface area contributed by atoms with Crippen molar-refractivity contribution in [1.82, 2.24) is 4.90 Å². The zero-order valence-electron chi connectivity index (χ0n) is 9.93. The van der Waals surface area contributed by atoms with Crippen molar-refractivity contribution >= 4 is 17.7 Å². The first-order valence-electron chi connectivity index (χ1n) is 6.11. The number of hydrogen-bond donors (Lipinski definition) is 0. The number of rotatable bonds is 3. The maximum absolute atomic E-state index is 11.8. The number of ether oxygens (including phenoxy) is 1. The van der Waals surface area contributed by atoms with E-state index in [1.165, 1.54) is 0 Å². The Morgan fingerprint density at radius 2 is 2.18 bits per heavy atom. The molecule has 0 bridgehead atoms. The van der Waals surface area contributed by atoms with Gasteiger partial charge in [-0.25, -0.2) is 0 Å². The molecule has 1 heterocycles. The predicted molar refractivity (Wildman–Crippen MR) is 56.8 cm³/mol. The van der Waals surface area contributed by atoms with Crippen molar-refractivity contribution in [3.8, 4) is 0 Å². The van der Waals surface area contributed by atoms with E-state index in [1.54, 1.807) is 11.8 Å². The molecule has 3 aliphatic rings. The number of Topliss-reactive ketones (excluding diaryl/α,β-unsaturated/α-hetero) is 1. The summed E-state index contributed by atoms with van der Waals surface area (Å²) in [4.78, 5) is 37.0. The first kappa shape index (κ1) is 10.7. The van der Waals surface area contributed by atoms with Gasteiger partial charge in [-0.15, -0.1) is 0 Å². The van der Waals surface area contributed by atoms with Crippen LogP contribution < -0.4 is 0 Å². The highest BCUT2D eigenvalue weighted by Crippen LogP contribution is 2.68. The molecule has 0 radical (unpaired) electrons. The topological polar surface area (TPSA) is 63.5 Å². The number of hydrogen-bond acceptors (Lipinski definition) is 4. The van der Waals surface area contributed by atoms with Crippen molar-refractivity contribution in [2.24, 2.45) is 17.8 Å². The molecule has 17 heavy (non-hydrogen) atoms. The average molecular weight is 237 g/mol. The minimum Gasteiger partial charge on any atom is -0.466 e. The van der Waals surface area contributed by atoms with Crippen molar-refractivity contribution in [2.45, 2.75) is 25.8 Å². The molecule has 1 spiro atoms. The Hall–Kier alpha value is -1.39. The van der Waals surface area contributed by atoms with Gasteiger partial charge in [-0.1, -0.05) is 0 Å². The summed E-state index contributed by atoms with van der Waals surface area (Å²) >= 11 is 0. The van der Waals surface area contributed by atoms with E-state index in [0.29, 0.717) is 19.6 Å². The zero-order valence-corrected chi connectivity index (χ0v) is 9.93. The summed E-state index contributed by atoms with van der Waals surface area (Å²) in [7, 11) is 0. The number of carbonyl (C=O) groups excluding carboxylic acids is 3. The SMILES string of the molecule is CCOC(=O)[C@H]1[C@@H]2C(=O)C[C@@]3(C(=O)N3CC)[C@@H]21. The van der Waals surface area contributed by atoms with Gasteiger partial charge in [0.2, 0.25) is 5.91 Å². The van der Waals surface area contributed by atoms with Gasteiger partial charge >= 0.3 is 5.97 Å². The third-order valence-electron chi connectivity index (χ3n) is 4.31. The fourth-order valence-corrected chi connectivity index (χ4v) is 3.58. The molecule has 5 nitrogen and oxygen atoms in total. The molecule has 3 rings (SSSR count). The van der Waals surface area contributed by atoms with Crippen LogP contribution in [0, 0.1) is 17.8 Å². The highest BCUT2D eigenvalue weighted by molar-refractivity contribution is 6.13. The normalized spacial score (nSPS) is 41.8. The van der Waals surface area contributed by atoms with E-state index >= 15 is 0 Å². The van der Waals surface area contributed by atoms with Crippen LogP contribution in [0.2, 0.25) is 0 Å². The maximum Gasteiger partial charge on any atom is 0.310 e. The maximum atomic E-state index is 11.8. The number of nitrogens with zero attached hydrogens (tertiary/aromatic N) is 1. The van der Waals surface area contributed by atoms with Crippen molar-refractivity contribution < 1.29 is 19.1 Å². The van der Waals surface area contributed by atoms with Gasteiger partial charge < -0.3 is 9.64 Å². The fraction of sp³-hybridized carbons (Fsp3) is 0.750. The van der Waals surface area contributed by atoms with E-state index in [0.717, 1.165) is 0 Å². The summed E-state index contributed by atoms with van der Waals surface area (Å²) in [5.74, 6) is -0.955. The first-order chi connectivity index (χ1) is 8.09. The predicted octanol–water partition coefficient (Wildman–Crippen LogP) is -0.0146. The van der Waals surface area contributed by atoms with E-state index in [1.807, 2.05) is 6.92 Å². The Morgan fingerprint density at radius 1 is 1.47 bits per heavy atom. The molecule has 92 valence electrons. The van der Waals surface area contributed by atoms with Crippen LogP contribution in [-0.2, 0) is 19.1 Å². The van der Waals surface area contributed by atoms with E-state index in [2.05, 4.69) is 0 Å². The summed E-state index contributed by atoms with van der Waals surface area (Å²) in [5.41, 5.74) is -0.631.